The lowest BCUT2D eigenvalue weighted by molar-refractivity contribution is 0.666. The lowest BCUT2D eigenvalue weighted by Gasteiger charge is -2.07. The van der Waals surface area contributed by atoms with Crippen LogP contribution in [0.1, 0.15) is 6.42 Å². The van der Waals surface area contributed by atoms with Crippen LogP contribution in [0.5, 0.6) is 0 Å². The predicted molar refractivity (Wildman–Crippen MR) is 90.6 cm³/mol. The van der Waals surface area contributed by atoms with E-state index in [4.69, 9.17) is 5.73 Å². The van der Waals surface area contributed by atoms with Crippen molar-refractivity contribution in [2.75, 3.05) is 11.9 Å². The highest BCUT2D eigenvalue weighted by atomic mass is 15.1. The van der Waals surface area contributed by atoms with Crippen molar-refractivity contribution in [1.29, 1.82) is 0 Å². The van der Waals surface area contributed by atoms with Crippen molar-refractivity contribution < 1.29 is 0 Å². The molecule has 0 amide bonds. The van der Waals surface area contributed by atoms with E-state index in [0.29, 0.717) is 12.5 Å². The number of anilines is 2. The van der Waals surface area contributed by atoms with Crippen LogP contribution in [0.25, 0.3) is 21.9 Å². The van der Waals surface area contributed by atoms with Crippen LogP contribution in [-0.4, -0.2) is 31.3 Å². The number of aromatic nitrogens is 5. The zero-order valence-electron chi connectivity index (χ0n) is 12.5. The van der Waals surface area contributed by atoms with E-state index in [-0.39, 0.29) is 0 Å². The van der Waals surface area contributed by atoms with E-state index in [1.165, 1.54) is 0 Å². The predicted octanol–water partition coefficient (Wildman–Crippen LogP) is 2.40. The molecule has 0 aliphatic heterocycles. The largest absolute Gasteiger partial charge is 0.332 e. The van der Waals surface area contributed by atoms with Gasteiger partial charge in [0.2, 0.25) is 5.95 Å². The maximum absolute atomic E-state index is 5.59. The van der Waals surface area contributed by atoms with Crippen LogP contribution in [0.3, 0.4) is 0 Å². The molecule has 7 heteroatoms. The smallest absolute Gasteiger partial charge is 0.229 e. The first-order valence-electron chi connectivity index (χ1n) is 7.55. The fourth-order valence-electron chi connectivity index (χ4n) is 2.62. The van der Waals surface area contributed by atoms with Crippen LogP contribution in [0.4, 0.5) is 11.6 Å². The zero-order chi connectivity index (χ0) is 15.6. The Morgan fingerprint density at radius 1 is 1.17 bits per heavy atom. The van der Waals surface area contributed by atoms with Gasteiger partial charge in [0.15, 0.2) is 0 Å². The molecule has 116 valence electrons. The summed E-state index contributed by atoms with van der Waals surface area (Å²) in [6.07, 6.45) is 6.58. The Bertz CT molecular complexity index is 953. The van der Waals surface area contributed by atoms with Gasteiger partial charge in [0.05, 0.1) is 11.7 Å². The molecule has 3 aromatic heterocycles. The van der Waals surface area contributed by atoms with Gasteiger partial charge in [0.25, 0.3) is 0 Å². The Kier molecular flexibility index (Phi) is 3.39. The van der Waals surface area contributed by atoms with Crippen LogP contribution in [0.2, 0.25) is 0 Å². The zero-order valence-corrected chi connectivity index (χ0v) is 12.5. The lowest BCUT2D eigenvalue weighted by atomic mass is 10.2. The number of fused-ring (bicyclic) bond motifs is 2. The second kappa shape index (κ2) is 5.69. The van der Waals surface area contributed by atoms with Gasteiger partial charge in [-0.15, -0.1) is 0 Å². The van der Waals surface area contributed by atoms with Crippen LogP contribution in [0, 0.1) is 0 Å². The minimum Gasteiger partial charge on any atom is -0.332 e. The summed E-state index contributed by atoms with van der Waals surface area (Å²) >= 11 is 0. The van der Waals surface area contributed by atoms with Gasteiger partial charge < -0.3 is 15.6 Å². The van der Waals surface area contributed by atoms with Crippen molar-refractivity contribution in [2.24, 2.45) is 5.73 Å². The van der Waals surface area contributed by atoms with Gasteiger partial charge in [-0.25, -0.2) is 4.98 Å². The number of hydrogen-bond acceptors (Lipinski definition) is 5. The summed E-state index contributed by atoms with van der Waals surface area (Å²) in [5.41, 5.74) is 8.44. The van der Waals surface area contributed by atoms with Gasteiger partial charge in [-0.3, -0.25) is 5.10 Å². The lowest BCUT2D eigenvalue weighted by Crippen LogP contribution is -2.06. The van der Waals surface area contributed by atoms with Gasteiger partial charge in [0.1, 0.15) is 5.65 Å². The van der Waals surface area contributed by atoms with E-state index < -0.39 is 0 Å². The number of benzene rings is 1. The third-order valence-electron chi connectivity index (χ3n) is 3.80. The fourth-order valence-corrected chi connectivity index (χ4v) is 2.62. The molecule has 0 fully saturated rings. The molecule has 0 atom stereocenters. The Morgan fingerprint density at radius 2 is 2.13 bits per heavy atom. The number of H-pyrrole nitrogens is 1. The summed E-state index contributed by atoms with van der Waals surface area (Å²) in [5, 5.41) is 12.3. The second-order valence-electron chi connectivity index (χ2n) is 5.42. The SMILES string of the molecule is NCCCn1ccc2cnc(Nc3ccc4[nH]ncc4c3)nc21. The molecule has 0 bridgehead atoms. The van der Waals surface area contributed by atoms with E-state index >= 15 is 0 Å². The summed E-state index contributed by atoms with van der Waals surface area (Å²) in [4.78, 5) is 9.01. The monoisotopic (exact) mass is 307 g/mol. The minimum absolute atomic E-state index is 0.577. The number of hydrogen-bond donors (Lipinski definition) is 3. The average Bonchev–Trinajstić information content (AvgIpc) is 3.19. The molecule has 0 aliphatic rings. The molecule has 0 saturated carbocycles. The third kappa shape index (κ3) is 2.62. The highest BCUT2D eigenvalue weighted by Crippen LogP contribution is 2.21. The Labute approximate surface area is 132 Å². The van der Waals surface area contributed by atoms with E-state index in [2.05, 4.69) is 30.0 Å². The third-order valence-corrected chi connectivity index (χ3v) is 3.80. The molecular weight excluding hydrogens is 290 g/mol. The first-order valence-corrected chi connectivity index (χ1v) is 7.55. The van der Waals surface area contributed by atoms with Crippen molar-refractivity contribution in [2.45, 2.75) is 13.0 Å². The normalized spacial score (nSPS) is 11.3. The molecular formula is C16H17N7. The van der Waals surface area contributed by atoms with Crippen LogP contribution in [0.15, 0.2) is 42.9 Å². The van der Waals surface area contributed by atoms with Gasteiger partial charge in [-0.05, 0) is 37.2 Å². The van der Waals surface area contributed by atoms with Crippen molar-refractivity contribution in [3.63, 3.8) is 0 Å². The molecule has 0 spiro atoms. The first-order chi connectivity index (χ1) is 11.3. The number of nitrogens with two attached hydrogens (primary N) is 1. The molecule has 23 heavy (non-hydrogen) atoms. The van der Waals surface area contributed by atoms with Crippen LogP contribution in [-0.2, 0) is 6.54 Å². The van der Waals surface area contributed by atoms with Crippen molar-refractivity contribution >= 4 is 33.6 Å². The number of nitrogens with zero attached hydrogens (tertiary/aromatic N) is 4. The molecule has 4 N–H and O–H groups in total. The number of aromatic amines is 1. The second-order valence-corrected chi connectivity index (χ2v) is 5.42. The Hall–Kier alpha value is -2.93. The van der Waals surface area contributed by atoms with E-state index in [1.807, 2.05) is 36.7 Å². The molecule has 3 heterocycles. The highest BCUT2D eigenvalue weighted by molar-refractivity contribution is 5.83. The van der Waals surface area contributed by atoms with Gasteiger partial charge in [-0.1, -0.05) is 0 Å². The molecule has 0 radical (unpaired) electrons. The quantitative estimate of drug-likeness (QED) is 0.526. The number of rotatable bonds is 5. The molecule has 1 aromatic carbocycles. The summed E-state index contributed by atoms with van der Waals surface area (Å²) in [6, 6.07) is 7.99. The van der Waals surface area contributed by atoms with E-state index in [1.54, 1.807) is 6.20 Å². The summed E-state index contributed by atoms with van der Waals surface area (Å²) in [5.74, 6) is 0.577. The van der Waals surface area contributed by atoms with Gasteiger partial charge in [0, 0.05) is 35.4 Å². The van der Waals surface area contributed by atoms with E-state index in [0.717, 1.165) is 40.6 Å². The number of aryl methyl sites for hydroxylation is 1. The maximum Gasteiger partial charge on any atom is 0.229 e. The molecule has 0 saturated heterocycles. The van der Waals surface area contributed by atoms with Gasteiger partial charge in [-0.2, -0.15) is 10.1 Å². The van der Waals surface area contributed by atoms with Gasteiger partial charge >= 0.3 is 0 Å². The average molecular weight is 307 g/mol. The maximum atomic E-state index is 5.59. The summed E-state index contributed by atoms with van der Waals surface area (Å²) in [6.45, 7) is 1.53. The van der Waals surface area contributed by atoms with Crippen molar-refractivity contribution in [3.05, 3.63) is 42.9 Å². The summed E-state index contributed by atoms with van der Waals surface area (Å²) in [7, 11) is 0. The molecule has 0 aliphatic carbocycles. The Morgan fingerprint density at radius 3 is 3.04 bits per heavy atom. The minimum atomic E-state index is 0.577. The van der Waals surface area contributed by atoms with Crippen molar-refractivity contribution in [1.82, 2.24) is 24.7 Å². The standard InChI is InChI=1S/C16H17N7/c17-5-1-6-23-7-4-11-9-18-16(21-15(11)23)20-13-2-3-14-12(8-13)10-19-22-14/h2-4,7-10H,1,5-6,17H2,(H,19,22)(H,18,20,21). The Balaban J connectivity index is 1.65. The summed E-state index contributed by atoms with van der Waals surface area (Å²) < 4.78 is 2.11. The highest BCUT2D eigenvalue weighted by Gasteiger charge is 2.06. The fraction of sp³-hybridized carbons (Fsp3) is 0.188. The topological polar surface area (TPSA) is 97.4 Å². The van der Waals surface area contributed by atoms with Crippen molar-refractivity contribution in [3.8, 4) is 0 Å². The number of nitrogens with one attached hydrogen (secondary N) is 2. The van der Waals surface area contributed by atoms with E-state index in [9.17, 15) is 0 Å². The molecule has 7 nitrogen and oxygen atoms in total. The molecule has 0 unspecified atom stereocenters. The molecule has 4 aromatic rings. The first kappa shape index (κ1) is 13.7. The van der Waals surface area contributed by atoms with Crippen LogP contribution >= 0.6 is 0 Å². The van der Waals surface area contributed by atoms with Crippen LogP contribution < -0.4 is 11.1 Å². The molecule has 4 rings (SSSR count).